The van der Waals surface area contributed by atoms with E-state index in [1.165, 1.54) is 11.8 Å². The van der Waals surface area contributed by atoms with E-state index in [1.807, 2.05) is 68.8 Å². The minimum absolute atomic E-state index is 0.137. The van der Waals surface area contributed by atoms with Crippen molar-refractivity contribution in [3.05, 3.63) is 64.5 Å². The first-order chi connectivity index (χ1) is 14.4. The Labute approximate surface area is 180 Å². The molecular formula is C23H24N4O2S. The molecule has 0 radical (unpaired) electrons. The second-order valence-corrected chi connectivity index (χ2v) is 8.50. The van der Waals surface area contributed by atoms with E-state index in [0.717, 1.165) is 50.4 Å². The van der Waals surface area contributed by atoms with Gasteiger partial charge < -0.3 is 9.30 Å². The number of hydrogen-bond donors (Lipinski definition) is 0. The molecule has 0 spiro atoms. The van der Waals surface area contributed by atoms with Gasteiger partial charge in [-0.25, -0.2) is 0 Å². The highest BCUT2D eigenvalue weighted by atomic mass is 32.2. The van der Waals surface area contributed by atoms with Gasteiger partial charge in [0.15, 0.2) is 16.8 Å². The molecule has 0 fully saturated rings. The summed E-state index contributed by atoms with van der Waals surface area (Å²) >= 11 is 1.54. The summed E-state index contributed by atoms with van der Waals surface area (Å²) in [5.74, 6) is 2.33. The molecule has 0 N–H and O–H groups in total. The molecule has 6 nitrogen and oxygen atoms in total. The highest BCUT2D eigenvalue weighted by molar-refractivity contribution is 7.99. The molecule has 0 saturated carbocycles. The number of carbonyl (C=O) groups is 1. The van der Waals surface area contributed by atoms with Crippen LogP contribution in [0.1, 0.15) is 39.3 Å². The Balaban J connectivity index is 1.44. The molecule has 30 heavy (non-hydrogen) atoms. The number of aliphatic imine (C=N–C) groups is 1. The quantitative estimate of drug-likeness (QED) is 0.537. The van der Waals surface area contributed by atoms with Crippen molar-refractivity contribution in [3.63, 3.8) is 0 Å². The number of rotatable bonds is 6. The zero-order chi connectivity index (χ0) is 21.3. The molecule has 2 heterocycles. The lowest BCUT2D eigenvalue weighted by molar-refractivity contribution is 0.0999. The topological polar surface area (TPSA) is 69.4 Å². The summed E-state index contributed by atoms with van der Waals surface area (Å²) in [5.41, 5.74) is 5.59. The molecule has 7 heteroatoms. The maximum Gasteiger partial charge on any atom is 0.191 e. The average Bonchev–Trinajstić information content (AvgIpc) is 3.04. The first-order valence-electron chi connectivity index (χ1n) is 9.82. The smallest absolute Gasteiger partial charge is 0.191 e. The second-order valence-electron chi connectivity index (χ2n) is 7.55. The number of hydrogen-bond acceptors (Lipinski definition) is 6. The average molecular weight is 421 g/mol. The van der Waals surface area contributed by atoms with Gasteiger partial charge in [0.05, 0.1) is 12.1 Å². The summed E-state index contributed by atoms with van der Waals surface area (Å²) in [5, 5.41) is 9.32. The summed E-state index contributed by atoms with van der Waals surface area (Å²) in [6.07, 6.45) is 0.352. The van der Waals surface area contributed by atoms with E-state index in [1.54, 1.807) is 0 Å². The van der Waals surface area contributed by atoms with E-state index in [2.05, 4.69) is 10.2 Å². The van der Waals surface area contributed by atoms with Gasteiger partial charge in [0.2, 0.25) is 0 Å². The fraction of sp³-hybridized carbons (Fsp3) is 0.304. The van der Waals surface area contributed by atoms with Crippen LogP contribution in [-0.4, -0.2) is 32.0 Å². The molecule has 3 aromatic rings. The van der Waals surface area contributed by atoms with Gasteiger partial charge in [0.1, 0.15) is 12.4 Å². The Hall–Kier alpha value is -2.93. The SMILES string of the molecule is Cc1cc(C)c2c(c1)N=C(CSc1nnc(COc3ccccc3C)n1C)CC2=O. The monoisotopic (exact) mass is 420 g/mol. The summed E-state index contributed by atoms with van der Waals surface area (Å²) < 4.78 is 7.81. The molecule has 4 rings (SSSR count). The van der Waals surface area contributed by atoms with E-state index < -0.39 is 0 Å². The highest BCUT2D eigenvalue weighted by Crippen LogP contribution is 2.31. The minimum Gasteiger partial charge on any atom is -0.485 e. The Morgan fingerprint density at radius 2 is 1.90 bits per heavy atom. The van der Waals surface area contributed by atoms with Gasteiger partial charge in [0.25, 0.3) is 0 Å². The van der Waals surface area contributed by atoms with Crippen LogP contribution in [0.5, 0.6) is 5.75 Å². The predicted molar refractivity (Wildman–Crippen MR) is 119 cm³/mol. The molecule has 1 aliphatic rings. The number of nitrogens with zero attached hydrogens (tertiary/aromatic N) is 4. The Kier molecular flexibility index (Phi) is 5.72. The number of aryl methyl sites for hydroxylation is 3. The van der Waals surface area contributed by atoms with E-state index in [0.29, 0.717) is 18.8 Å². The number of benzene rings is 2. The third-order valence-corrected chi connectivity index (χ3v) is 6.22. The van der Waals surface area contributed by atoms with Gasteiger partial charge in [-0.05, 0) is 49.6 Å². The van der Waals surface area contributed by atoms with Crippen LogP contribution in [-0.2, 0) is 13.7 Å². The van der Waals surface area contributed by atoms with Gasteiger partial charge in [0, 0.05) is 24.1 Å². The maximum atomic E-state index is 12.6. The van der Waals surface area contributed by atoms with Crippen molar-refractivity contribution in [3.8, 4) is 5.75 Å². The van der Waals surface area contributed by atoms with Gasteiger partial charge >= 0.3 is 0 Å². The van der Waals surface area contributed by atoms with E-state index in [4.69, 9.17) is 9.73 Å². The number of thioether (sulfide) groups is 1. The molecule has 0 bridgehead atoms. The highest BCUT2D eigenvalue weighted by Gasteiger charge is 2.23. The molecule has 0 saturated heterocycles. The van der Waals surface area contributed by atoms with Crippen LogP contribution < -0.4 is 4.74 Å². The van der Waals surface area contributed by atoms with Crippen molar-refractivity contribution in [1.29, 1.82) is 0 Å². The first-order valence-corrected chi connectivity index (χ1v) is 10.8. The molecule has 1 aliphatic heterocycles. The summed E-state index contributed by atoms with van der Waals surface area (Å²) in [4.78, 5) is 17.4. The standard InChI is InChI=1S/C23H24N4O2S/c1-14-9-16(3)22-18(10-14)24-17(11-19(22)28)13-30-23-26-25-21(27(23)4)12-29-20-8-6-5-7-15(20)2/h5-10H,11-13H2,1-4H3. The fourth-order valence-corrected chi connectivity index (χ4v) is 4.43. The van der Waals surface area contributed by atoms with Crippen molar-refractivity contribution >= 4 is 28.9 Å². The lowest BCUT2D eigenvalue weighted by atomic mass is 9.94. The van der Waals surface area contributed by atoms with E-state index in [9.17, 15) is 4.79 Å². The minimum atomic E-state index is 0.137. The number of aromatic nitrogens is 3. The lowest BCUT2D eigenvalue weighted by Crippen LogP contribution is -2.17. The molecule has 154 valence electrons. The molecule has 0 aliphatic carbocycles. The van der Waals surface area contributed by atoms with Crippen molar-refractivity contribution in [1.82, 2.24) is 14.8 Å². The van der Waals surface area contributed by atoms with Crippen molar-refractivity contribution < 1.29 is 9.53 Å². The number of ketones is 1. The van der Waals surface area contributed by atoms with Gasteiger partial charge in [-0.1, -0.05) is 36.0 Å². The summed E-state index contributed by atoms with van der Waals surface area (Å²) in [6.45, 7) is 6.36. The van der Waals surface area contributed by atoms with Crippen LogP contribution in [0, 0.1) is 20.8 Å². The number of carbonyl (C=O) groups excluding carboxylic acids is 1. The zero-order valence-corrected chi connectivity index (χ0v) is 18.4. The molecule has 1 aromatic heterocycles. The summed E-state index contributed by atoms with van der Waals surface area (Å²) in [6, 6.07) is 11.9. The van der Waals surface area contributed by atoms with Crippen molar-refractivity contribution in [2.75, 3.05) is 5.75 Å². The number of Topliss-reactive ketones (excluding diaryl/α,β-unsaturated/α-hetero) is 1. The Morgan fingerprint density at radius 1 is 1.10 bits per heavy atom. The van der Waals surface area contributed by atoms with Crippen molar-refractivity contribution in [2.24, 2.45) is 12.0 Å². The molecule has 0 unspecified atom stereocenters. The summed E-state index contributed by atoms with van der Waals surface area (Å²) in [7, 11) is 1.93. The van der Waals surface area contributed by atoms with E-state index >= 15 is 0 Å². The van der Waals surface area contributed by atoms with Gasteiger partial charge in [-0.2, -0.15) is 0 Å². The van der Waals surface area contributed by atoms with Crippen molar-refractivity contribution in [2.45, 2.75) is 39.0 Å². The third-order valence-electron chi connectivity index (χ3n) is 5.12. The molecule has 0 atom stereocenters. The molecule has 0 amide bonds. The number of ether oxygens (including phenoxy) is 1. The largest absolute Gasteiger partial charge is 0.485 e. The van der Waals surface area contributed by atoms with Gasteiger partial charge in [-0.15, -0.1) is 10.2 Å². The van der Waals surface area contributed by atoms with E-state index in [-0.39, 0.29) is 5.78 Å². The zero-order valence-electron chi connectivity index (χ0n) is 17.6. The maximum absolute atomic E-state index is 12.6. The predicted octanol–water partition coefficient (Wildman–Crippen LogP) is 4.77. The Bertz CT molecular complexity index is 1150. The third kappa shape index (κ3) is 4.16. The van der Waals surface area contributed by atoms with Crippen LogP contribution in [0.3, 0.4) is 0 Å². The normalized spacial score (nSPS) is 13.2. The van der Waals surface area contributed by atoms with Crippen LogP contribution >= 0.6 is 11.8 Å². The Morgan fingerprint density at radius 3 is 2.70 bits per heavy atom. The lowest BCUT2D eigenvalue weighted by Gasteiger charge is -2.17. The first kappa shape index (κ1) is 20.3. The van der Waals surface area contributed by atoms with Crippen LogP contribution in [0.15, 0.2) is 46.5 Å². The fourth-order valence-electron chi connectivity index (χ4n) is 3.57. The second kappa shape index (κ2) is 8.44. The number of fused-ring (bicyclic) bond motifs is 1. The van der Waals surface area contributed by atoms with Crippen LogP contribution in [0.2, 0.25) is 0 Å². The van der Waals surface area contributed by atoms with Crippen LogP contribution in [0.25, 0.3) is 0 Å². The molecular weight excluding hydrogens is 396 g/mol. The number of para-hydroxylation sites is 1. The van der Waals surface area contributed by atoms with Gasteiger partial charge in [-0.3, -0.25) is 9.79 Å². The molecule has 2 aromatic carbocycles. The van der Waals surface area contributed by atoms with Crippen LogP contribution in [0.4, 0.5) is 5.69 Å².